The van der Waals surface area contributed by atoms with Gasteiger partial charge in [-0.25, -0.2) is 9.78 Å². The fraction of sp³-hybridized carbons (Fsp3) is 0.308. The van der Waals surface area contributed by atoms with Gasteiger partial charge in [-0.2, -0.15) is 5.10 Å². The van der Waals surface area contributed by atoms with Gasteiger partial charge in [0.2, 0.25) is 0 Å². The Kier molecular flexibility index (Phi) is 3.79. The Balaban J connectivity index is 2.07. The summed E-state index contributed by atoms with van der Waals surface area (Å²) in [5.74, 6) is 0.258. The van der Waals surface area contributed by atoms with Crippen LogP contribution in [-0.4, -0.2) is 27.8 Å². The molecule has 0 aliphatic heterocycles. The van der Waals surface area contributed by atoms with Gasteiger partial charge in [-0.3, -0.25) is 4.68 Å². The summed E-state index contributed by atoms with van der Waals surface area (Å²) in [5.41, 5.74) is 2.54. The molecule has 0 aliphatic rings. The fourth-order valence-electron chi connectivity index (χ4n) is 1.78. The van der Waals surface area contributed by atoms with E-state index in [9.17, 15) is 4.79 Å². The summed E-state index contributed by atoms with van der Waals surface area (Å²) in [5, 5.41) is 7.43. The van der Waals surface area contributed by atoms with E-state index in [1.807, 2.05) is 20.2 Å². The zero-order valence-electron chi connectivity index (χ0n) is 11.2. The number of hydrogen-bond acceptors (Lipinski definition) is 5. The van der Waals surface area contributed by atoms with Gasteiger partial charge in [0.05, 0.1) is 18.4 Å². The number of pyridine rings is 1. The molecule has 0 aliphatic carbocycles. The molecule has 6 nitrogen and oxygen atoms in total. The number of hydrogen-bond donors (Lipinski definition) is 1. The van der Waals surface area contributed by atoms with Crippen molar-refractivity contribution in [3.05, 3.63) is 41.3 Å². The van der Waals surface area contributed by atoms with Crippen LogP contribution in [0.2, 0.25) is 0 Å². The van der Waals surface area contributed by atoms with Crippen molar-refractivity contribution in [1.82, 2.24) is 14.8 Å². The average molecular weight is 260 g/mol. The van der Waals surface area contributed by atoms with Gasteiger partial charge in [0.1, 0.15) is 5.82 Å². The number of aromatic nitrogens is 3. The third-order valence-corrected chi connectivity index (χ3v) is 2.76. The normalized spacial score (nSPS) is 10.3. The molecular formula is C13H16N4O2. The van der Waals surface area contributed by atoms with Crippen molar-refractivity contribution in [1.29, 1.82) is 0 Å². The summed E-state index contributed by atoms with van der Waals surface area (Å²) >= 11 is 0. The van der Waals surface area contributed by atoms with Crippen molar-refractivity contribution in [2.24, 2.45) is 7.05 Å². The van der Waals surface area contributed by atoms with E-state index in [-0.39, 0.29) is 5.97 Å². The lowest BCUT2D eigenvalue weighted by Crippen LogP contribution is -2.05. The lowest BCUT2D eigenvalue weighted by Gasteiger charge is -2.06. The lowest BCUT2D eigenvalue weighted by molar-refractivity contribution is 0.0600. The predicted molar refractivity (Wildman–Crippen MR) is 70.8 cm³/mol. The number of esters is 1. The number of methoxy groups -OCH3 is 1. The number of rotatable bonds is 4. The standard InChI is InChI=1S/C13H16N4O2/c1-9-11(8-17(2)16-9)7-15-12-6-10(4-5-14-12)13(18)19-3/h4-6,8H,7H2,1-3H3,(H,14,15). The molecule has 0 amide bonds. The zero-order chi connectivity index (χ0) is 13.8. The first-order valence-corrected chi connectivity index (χ1v) is 5.87. The number of nitrogens with one attached hydrogen (secondary N) is 1. The van der Waals surface area contributed by atoms with Gasteiger partial charge in [-0.15, -0.1) is 0 Å². The van der Waals surface area contributed by atoms with Crippen LogP contribution in [0, 0.1) is 6.92 Å². The Morgan fingerprint density at radius 1 is 1.53 bits per heavy atom. The molecule has 0 radical (unpaired) electrons. The van der Waals surface area contributed by atoms with Crippen molar-refractivity contribution in [2.75, 3.05) is 12.4 Å². The third-order valence-electron chi connectivity index (χ3n) is 2.76. The lowest BCUT2D eigenvalue weighted by atomic mass is 10.2. The Labute approximate surface area is 111 Å². The number of carbonyl (C=O) groups is 1. The SMILES string of the molecule is COC(=O)c1ccnc(NCc2cn(C)nc2C)c1. The van der Waals surface area contributed by atoms with Gasteiger partial charge in [-0.1, -0.05) is 0 Å². The molecule has 0 spiro atoms. The van der Waals surface area contributed by atoms with Crippen LogP contribution >= 0.6 is 0 Å². The first-order valence-electron chi connectivity index (χ1n) is 5.87. The van der Waals surface area contributed by atoms with E-state index in [1.54, 1.807) is 23.0 Å². The maximum Gasteiger partial charge on any atom is 0.338 e. The molecule has 100 valence electrons. The molecule has 0 saturated heterocycles. The molecule has 2 aromatic rings. The van der Waals surface area contributed by atoms with Gasteiger partial charge in [-0.05, 0) is 19.1 Å². The molecule has 0 bridgehead atoms. The maximum atomic E-state index is 11.4. The number of nitrogens with zero attached hydrogens (tertiary/aromatic N) is 3. The molecule has 6 heteroatoms. The van der Waals surface area contributed by atoms with Crippen molar-refractivity contribution in [3.8, 4) is 0 Å². The van der Waals surface area contributed by atoms with E-state index in [1.165, 1.54) is 7.11 Å². The minimum Gasteiger partial charge on any atom is -0.465 e. The molecule has 0 unspecified atom stereocenters. The van der Waals surface area contributed by atoms with Crippen LogP contribution in [-0.2, 0) is 18.3 Å². The van der Waals surface area contributed by atoms with Crippen LogP contribution in [0.5, 0.6) is 0 Å². The van der Waals surface area contributed by atoms with Gasteiger partial charge < -0.3 is 10.1 Å². The summed E-state index contributed by atoms with van der Waals surface area (Å²) in [6.07, 6.45) is 3.52. The second kappa shape index (κ2) is 5.51. The monoisotopic (exact) mass is 260 g/mol. The highest BCUT2D eigenvalue weighted by atomic mass is 16.5. The van der Waals surface area contributed by atoms with Crippen molar-refractivity contribution in [2.45, 2.75) is 13.5 Å². The van der Waals surface area contributed by atoms with Crippen LogP contribution in [0.4, 0.5) is 5.82 Å². The van der Waals surface area contributed by atoms with Crippen molar-refractivity contribution < 1.29 is 9.53 Å². The highest BCUT2D eigenvalue weighted by Crippen LogP contribution is 2.11. The van der Waals surface area contributed by atoms with Crippen LogP contribution < -0.4 is 5.32 Å². The Hall–Kier alpha value is -2.37. The molecule has 0 fully saturated rings. The van der Waals surface area contributed by atoms with E-state index in [4.69, 9.17) is 0 Å². The second-order valence-corrected chi connectivity index (χ2v) is 4.19. The molecule has 0 atom stereocenters. The minimum atomic E-state index is -0.372. The van der Waals surface area contributed by atoms with Gasteiger partial charge in [0.15, 0.2) is 0 Å². The largest absolute Gasteiger partial charge is 0.465 e. The quantitative estimate of drug-likeness (QED) is 0.844. The summed E-state index contributed by atoms with van der Waals surface area (Å²) in [6.45, 7) is 2.56. The van der Waals surface area contributed by atoms with Crippen LogP contribution in [0.3, 0.4) is 0 Å². The molecule has 2 heterocycles. The van der Waals surface area contributed by atoms with E-state index in [2.05, 4.69) is 20.1 Å². The van der Waals surface area contributed by atoms with Crippen molar-refractivity contribution in [3.63, 3.8) is 0 Å². The highest BCUT2D eigenvalue weighted by molar-refractivity contribution is 5.89. The molecular weight excluding hydrogens is 244 g/mol. The Bertz CT molecular complexity index is 592. The van der Waals surface area contributed by atoms with E-state index in [0.717, 1.165) is 11.3 Å². The Morgan fingerprint density at radius 2 is 2.32 bits per heavy atom. The van der Waals surface area contributed by atoms with E-state index >= 15 is 0 Å². The molecule has 2 rings (SSSR count). The van der Waals surface area contributed by atoms with E-state index in [0.29, 0.717) is 17.9 Å². The predicted octanol–water partition coefficient (Wildman–Crippen LogP) is 1.52. The summed E-state index contributed by atoms with van der Waals surface area (Å²) < 4.78 is 6.44. The number of ether oxygens (including phenoxy) is 1. The molecule has 0 saturated carbocycles. The highest BCUT2D eigenvalue weighted by Gasteiger charge is 2.07. The number of aryl methyl sites for hydroxylation is 2. The minimum absolute atomic E-state index is 0.372. The fourth-order valence-corrected chi connectivity index (χ4v) is 1.78. The van der Waals surface area contributed by atoms with Crippen molar-refractivity contribution >= 4 is 11.8 Å². The molecule has 1 N–H and O–H groups in total. The molecule has 0 aromatic carbocycles. The van der Waals surface area contributed by atoms with Crippen LogP contribution in [0.1, 0.15) is 21.6 Å². The van der Waals surface area contributed by atoms with Crippen LogP contribution in [0.25, 0.3) is 0 Å². The average Bonchev–Trinajstić information content (AvgIpc) is 2.74. The summed E-state index contributed by atoms with van der Waals surface area (Å²) in [6, 6.07) is 3.28. The summed E-state index contributed by atoms with van der Waals surface area (Å²) in [7, 11) is 3.24. The first kappa shape index (κ1) is 13.1. The van der Waals surface area contributed by atoms with Gasteiger partial charge in [0, 0.05) is 31.5 Å². The second-order valence-electron chi connectivity index (χ2n) is 4.19. The topological polar surface area (TPSA) is 69.0 Å². The molecule has 19 heavy (non-hydrogen) atoms. The smallest absolute Gasteiger partial charge is 0.338 e. The van der Waals surface area contributed by atoms with Gasteiger partial charge >= 0.3 is 5.97 Å². The van der Waals surface area contributed by atoms with E-state index < -0.39 is 0 Å². The van der Waals surface area contributed by atoms with Gasteiger partial charge in [0.25, 0.3) is 0 Å². The first-order chi connectivity index (χ1) is 9.10. The summed E-state index contributed by atoms with van der Waals surface area (Å²) in [4.78, 5) is 15.6. The van der Waals surface area contributed by atoms with Crippen LogP contribution in [0.15, 0.2) is 24.5 Å². The number of carbonyl (C=O) groups excluding carboxylic acids is 1. The molecule has 2 aromatic heterocycles. The zero-order valence-corrected chi connectivity index (χ0v) is 11.2. The Morgan fingerprint density at radius 3 is 2.95 bits per heavy atom. The third kappa shape index (κ3) is 3.09. The number of anilines is 1. The maximum absolute atomic E-state index is 11.4.